The van der Waals surface area contributed by atoms with Crippen molar-refractivity contribution in [2.24, 2.45) is 0 Å². The minimum Gasteiger partial charge on any atom is -0.394 e. The third-order valence-electron chi connectivity index (χ3n) is 3.04. The molecule has 0 fully saturated rings. The summed E-state index contributed by atoms with van der Waals surface area (Å²) in [4.78, 5) is 0. The molecule has 0 bridgehead atoms. The fourth-order valence-corrected chi connectivity index (χ4v) is 1.91. The van der Waals surface area contributed by atoms with Crippen LogP contribution in [0.15, 0.2) is 18.2 Å². The number of rotatable bonds is 4. The maximum Gasteiger partial charge on any atom is 0.152 e. The molecular weight excluding hydrogens is 243 g/mol. The molecule has 5 heteroatoms. The number of nitrogens with one attached hydrogen (secondary N) is 1. The Morgan fingerprint density at radius 2 is 2.11 bits per heavy atom. The van der Waals surface area contributed by atoms with E-state index in [-0.39, 0.29) is 5.82 Å². The number of nitrogens with two attached hydrogens (primary N) is 1. The van der Waals surface area contributed by atoms with Gasteiger partial charge in [0.25, 0.3) is 0 Å². The summed E-state index contributed by atoms with van der Waals surface area (Å²) in [7, 11) is 0. The van der Waals surface area contributed by atoms with Gasteiger partial charge in [-0.3, -0.25) is 0 Å². The van der Waals surface area contributed by atoms with Gasteiger partial charge in [0.2, 0.25) is 0 Å². The van der Waals surface area contributed by atoms with Crippen LogP contribution >= 0.6 is 0 Å². The Morgan fingerprint density at radius 3 is 2.74 bits per heavy atom. The van der Waals surface area contributed by atoms with Crippen LogP contribution < -0.4 is 11.1 Å². The highest BCUT2D eigenvalue weighted by atomic mass is 19.1. The largest absolute Gasteiger partial charge is 0.394 e. The maximum atomic E-state index is 13.5. The normalized spacial score (nSPS) is 10.7. The van der Waals surface area contributed by atoms with Crippen molar-refractivity contribution in [3.8, 4) is 0 Å². The van der Waals surface area contributed by atoms with Crippen LogP contribution in [0, 0.1) is 19.7 Å². The van der Waals surface area contributed by atoms with Gasteiger partial charge < -0.3 is 11.1 Å². The standard InChI is InChI=1S/C14H19FN4/c1-4-7-19-14(13(16)10(3)18-19)17-11-6-5-9(2)12(15)8-11/h5-6,8,17H,4,7,16H2,1-3H3. The topological polar surface area (TPSA) is 55.9 Å². The van der Waals surface area contributed by atoms with Crippen LogP contribution in [-0.4, -0.2) is 9.78 Å². The number of benzene rings is 1. The number of anilines is 3. The zero-order valence-corrected chi connectivity index (χ0v) is 11.5. The lowest BCUT2D eigenvalue weighted by molar-refractivity contribution is 0.605. The minimum absolute atomic E-state index is 0.234. The smallest absolute Gasteiger partial charge is 0.152 e. The second-order valence-corrected chi connectivity index (χ2v) is 4.66. The van der Waals surface area contributed by atoms with E-state index in [0.717, 1.165) is 24.5 Å². The fraction of sp³-hybridized carbons (Fsp3) is 0.357. The van der Waals surface area contributed by atoms with Crippen molar-refractivity contribution in [2.75, 3.05) is 11.1 Å². The summed E-state index contributed by atoms with van der Waals surface area (Å²) < 4.78 is 15.4. The van der Waals surface area contributed by atoms with Crippen molar-refractivity contribution < 1.29 is 4.39 Å². The molecule has 0 aliphatic rings. The summed E-state index contributed by atoms with van der Waals surface area (Å²) in [5.74, 6) is 0.490. The zero-order valence-electron chi connectivity index (χ0n) is 11.5. The van der Waals surface area contributed by atoms with Gasteiger partial charge in [-0.1, -0.05) is 13.0 Å². The molecular formula is C14H19FN4. The van der Waals surface area contributed by atoms with Crippen molar-refractivity contribution in [1.82, 2.24) is 9.78 Å². The molecule has 0 atom stereocenters. The van der Waals surface area contributed by atoms with Crippen LogP contribution in [0.2, 0.25) is 0 Å². The number of halogens is 1. The van der Waals surface area contributed by atoms with E-state index in [2.05, 4.69) is 17.3 Å². The number of aryl methyl sites for hydroxylation is 3. The van der Waals surface area contributed by atoms with Crippen molar-refractivity contribution in [3.63, 3.8) is 0 Å². The lowest BCUT2D eigenvalue weighted by atomic mass is 10.2. The van der Waals surface area contributed by atoms with E-state index in [0.29, 0.717) is 16.9 Å². The van der Waals surface area contributed by atoms with Crippen LogP contribution in [0.4, 0.5) is 21.6 Å². The molecule has 3 N–H and O–H groups in total. The molecule has 0 spiro atoms. The summed E-state index contributed by atoms with van der Waals surface area (Å²) in [6.07, 6.45) is 0.956. The molecule has 0 saturated heterocycles. The van der Waals surface area contributed by atoms with E-state index in [4.69, 9.17) is 5.73 Å². The predicted molar refractivity (Wildman–Crippen MR) is 76.1 cm³/mol. The number of aromatic nitrogens is 2. The monoisotopic (exact) mass is 262 g/mol. The van der Waals surface area contributed by atoms with Crippen LogP contribution in [0.3, 0.4) is 0 Å². The molecule has 0 saturated carbocycles. The van der Waals surface area contributed by atoms with Gasteiger partial charge in [-0.2, -0.15) is 5.10 Å². The van der Waals surface area contributed by atoms with Crippen LogP contribution in [0.25, 0.3) is 0 Å². The van der Waals surface area contributed by atoms with E-state index in [1.807, 2.05) is 17.7 Å². The Morgan fingerprint density at radius 1 is 1.37 bits per heavy atom. The SMILES string of the molecule is CCCn1nc(C)c(N)c1Nc1ccc(C)c(F)c1. The molecule has 0 unspecified atom stereocenters. The van der Waals surface area contributed by atoms with Crippen molar-refractivity contribution in [3.05, 3.63) is 35.3 Å². The van der Waals surface area contributed by atoms with Gasteiger partial charge in [0.05, 0.1) is 11.4 Å². The Hall–Kier alpha value is -2.04. The second-order valence-electron chi connectivity index (χ2n) is 4.66. The molecule has 1 aromatic heterocycles. The fourth-order valence-electron chi connectivity index (χ4n) is 1.91. The van der Waals surface area contributed by atoms with Gasteiger partial charge in [-0.15, -0.1) is 0 Å². The van der Waals surface area contributed by atoms with Crippen molar-refractivity contribution >= 4 is 17.2 Å². The van der Waals surface area contributed by atoms with Gasteiger partial charge in [0.1, 0.15) is 5.82 Å². The van der Waals surface area contributed by atoms with E-state index in [9.17, 15) is 4.39 Å². The first-order valence-corrected chi connectivity index (χ1v) is 6.39. The second kappa shape index (κ2) is 5.30. The average Bonchev–Trinajstić information content (AvgIpc) is 2.62. The Kier molecular flexibility index (Phi) is 3.74. The maximum absolute atomic E-state index is 13.5. The molecule has 1 heterocycles. The van der Waals surface area contributed by atoms with E-state index in [1.165, 1.54) is 6.07 Å². The highest BCUT2D eigenvalue weighted by Gasteiger charge is 2.12. The van der Waals surface area contributed by atoms with E-state index in [1.54, 1.807) is 13.0 Å². The number of hydrogen-bond donors (Lipinski definition) is 2. The zero-order chi connectivity index (χ0) is 14.0. The van der Waals surface area contributed by atoms with E-state index < -0.39 is 0 Å². The highest BCUT2D eigenvalue weighted by molar-refractivity contribution is 5.71. The third-order valence-corrected chi connectivity index (χ3v) is 3.04. The van der Waals surface area contributed by atoms with Gasteiger partial charge in [0, 0.05) is 12.2 Å². The molecule has 0 radical (unpaired) electrons. The molecule has 2 rings (SSSR count). The average molecular weight is 262 g/mol. The lowest BCUT2D eigenvalue weighted by Gasteiger charge is -2.10. The minimum atomic E-state index is -0.234. The Labute approximate surface area is 112 Å². The summed E-state index contributed by atoms with van der Waals surface area (Å²) in [6.45, 7) is 6.44. The summed E-state index contributed by atoms with van der Waals surface area (Å²) >= 11 is 0. The van der Waals surface area contributed by atoms with Crippen molar-refractivity contribution in [2.45, 2.75) is 33.7 Å². The van der Waals surface area contributed by atoms with Crippen LogP contribution in [-0.2, 0) is 6.54 Å². The quantitative estimate of drug-likeness (QED) is 0.888. The third kappa shape index (κ3) is 2.70. The summed E-state index contributed by atoms with van der Waals surface area (Å²) in [5, 5.41) is 7.52. The number of nitrogens with zero attached hydrogens (tertiary/aromatic N) is 2. The summed E-state index contributed by atoms with van der Waals surface area (Å²) in [5.41, 5.74) is 8.69. The number of nitrogen functional groups attached to an aromatic ring is 1. The first-order valence-electron chi connectivity index (χ1n) is 6.39. The lowest BCUT2D eigenvalue weighted by Crippen LogP contribution is -2.06. The van der Waals surface area contributed by atoms with Gasteiger partial charge in [-0.05, 0) is 38.0 Å². The Balaban J connectivity index is 2.34. The first kappa shape index (κ1) is 13.4. The molecule has 102 valence electrons. The number of hydrogen-bond acceptors (Lipinski definition) is 3. The van der Waals surface area contributed by atoms with Gasteiger partial charge >= 0.3 is 0 Å². The highest BCUT2D eigenvalue weighted by Crippen LogP contribution is 2.27. The van der Waals surface area contributed by atoms with Crippen LogP contribution in [0.5, 0.6) is 0 Å². The predicted octanol–water partition coefficient (Wildman–Crippen LogP) is 3.37. The van der Waals surface area contributed by atoms with Crippen LogP contribution in [0.1, 0.15) is 24.6 Å². The molecule has 2 aromatic rings. The van der Waals surface area contributed by atoms with Gasteiger partial charge in [0.15, 0.2) is 5.82 Å². The first-order chi connectivity index (χ1) is 9.02. The van der Waals surface area contributed by atoms with Gasteiger partial charge in [-0.25, -0.2) is 9.07 Å². The molecule has 0 amide bonds. The molecule has 1 aromatic carbocycles. The molecule has 0 aliphatic heterocycles. The molecule has 0 aliphatic carbocycles. The Bertz CT molecular complexity index is 589. The summed E-state index contributed by atoms with van der Waals surface area (Å²) in [6, 6.07) is 5.03. The molecule has 4 nitrogen and oxygen atoms in total. The molecule has 19 heavy (non-hydrogen) atoms. The van der Waals surface area contributed by atoms with E-state index >= 15 is 0 Å². The van der Waals surface area contributed by atoms with Crippen molar-refractivity contribution in [1.29, 1.82) is 0 Å².